The Morgan fingerprint density at radius 1 is 1.11 bits per heavy atom. The number of hydrazone groups is 1. The average Bonchev–Trinajstić information content (AvgIpc) is 3.39. The summed E-state index contributed by atoms with van der Waals surface area (Å²) in [4.78, 5) is 16.4. The van der Waals surface area contributed by atoms with E-state index in [0.717, 1.165) is 11.3 Å². The van der Waals surface area contributed by atoms with Gasteiger partial charge in [0.1, 0.15) is 0 Å². The van der Waals surface area contributed by atoms with Crippen molar-refractivity contribution in [2.75, 3.05) is 13.1 Å². The van der Waals surface area contributed by atoms with Crippen molar-refractivity contribution in [1.29, 1.82) is 0 Å². The van der Waals surface area contributed by atoms with Crippen molar-refractivity contribution in [2.24, 2.45) is 5.10 Å². The van der Waals surface area contributed by atoms with E-state index in [1.165, 1.54) is 5.01 Å². The van der Waals surface area contributed by atoms with Crippen molar-refractivity contribution in [2.45, 2.75) is 19.4 Å². The summed E-state index contributed by atoms with van der Waals surface area (Å²) in [7, 11) is 0. The van der Waals surface area contributed by atoms with Crippen molar-refractivity contribution in [3.05, 3.63) is 60.2 Å². The molecular formula is C19H19N5O3. The van der Waals surface area contributed by atoms with E-state index < -0.39 is 0 Å². The van der Waals surface area contributed by atoms with Crippen molar-refractivity contribution in [1.82, 2.24) is 20.5 Å². The van der Waals surface area contributed by atoms with Crippen LogP contribution in [0.15, 0.2) is 62.8 Å². The molecule has 1 amide bonds. The molecule has 8 nitrogen and oxygen atoms in total. The van der Waals surface area contributed by atoms with E-state index in [1.807, 2.05) is 30.3 Å². The smallest absolute Gasteiger partial charge is 0.243 e. The van der Waals surface area contributed by atoms with Gasteiger partial charge in [-0.2, -0.15) is 10.1 Å². The highest BCUT2D eigenvalue weighted by Crippen LogP contribution is 2.16. The fourth-order valence-electron chi connectivity index (χ4n) is 2.83. The number of hydrogen-bond acceptors (Lipinski definition) is 7. The Labute approximate surface area is 155 Å². The molecule has 0 fully saturated rings. The van der Waals surface area contributed by atoms with Crippen molar-refractivity contribution >= 4 is 11.6 Å². The fraction of sp³-hybridized carbons (Fsp3) is 0.263. The maximum Gasteiger partial charge on any atom is 0.243 e. The Morgan fingerprint density at radius 2 is 2.00 bits per heavy atom. The molecule has 0 atom stereocenters. The van der Waals surface area contributed by atoms with E-state index in [2.05, 4.69) is 20.6 Å². The molecule has 1 aliphatic heterocycles. The lowest BCUT2D eigenvalue weighted by molar-refractivity contribution is -0.131. The van der Waals surface area contributed by atoms with Crippen LogP contribution in [0.2, 0.25) is 0 Å². The number of carbonyl (C=O) groups is 1. The van der Waals surface area contributed by atoms with Gasteiger partial charge in [-0.1, -0.05) is 35.5 Å². The molecule has 0 saturated heterocycles. The highest BCUT2D eigenvalue weighted by molar-refractivity contribution is 6.04. The molecule has 0 saturated carbocycles. The maximum absolute atomic E-state index is 12.1. The van der Waals surface area contributed by atoms with Crippen LogP contribution >= 0.6 is 0 Å². The number of benzene rings is 1. The van der Waals surface area contributed by atoms with Gasteiger partial charge in [-0.05, 0) is 17.7 Å². The molecule has 3 heterocycles. The summed E-state index contributed by atoms with van der Waals surface area (Å²) in [5.41, 5.74) is 1.99. The Hall–Kier alpha value is -3.26. The molecule has 27 heavy (non-hydrogen) atoms. The molecule has 138 valence electrons. The zero-order chi connectivity index (χ0) is 18.5. The summed E-state index contributed by atoms with van der Waals surface area (Å²) in [6, 6.07) is 13.5. The fourth-order valence-corrected chi connectivity index (χ4v) is 2.83. The Morgan fingerprint density at radius 3 is 2.81 bits per heavy atom. The highest BCUT2D eigenvalue weighted by atomic mass is 16.5. The van der Waals surface area contributed by atoms with Crippen LogP contribution in [-0.2, 0) is 11.3 Å². The predicted molar refractivity (Wildman–Crippen MR) is 97.6 cm³/mol. The van der Waals surface area contributed by atoms with Gasteiger partial charge in [0, 0.05) is 19.4 Å². The normalized spacial score (nSPS) is 14.4. The third-order valence-electron chi connectivity index (χ3n) is 4.20. The number of rotatable bonds is 7. The number of nitrogens with one attached hydrogen (secondary N) is 1. The van der Waals surface area contributed by atoms with Gasteiger partial charge < -0.3 is 14.3 Å². The molecule has 1 aromatic carbocycles. The first-order valence-electron chi connectivity index (χ1n) is 8.80. The van der Waals surface area contributed by atoms with Gasteiger partial charge >= 0.3 is 0 Å². The molecule has 1 aliphatic rings. The van der Waals surface area contributed by atoms with Crippen molar-refractivity contribution < 1.29 is 13.7 Å². The first-order valence-corrected chi connectivity index (χ1v) is 8.80. The molecule has 0 radical (unpaired) electrons. The number of furan rings is 1. The van der Waals surface area contributed by atoms with Gasteiger partial charge in [0.15, 0.2) is 5.76 Å². The Kier molecular flexibility index (Phi) is 5.06. The topological polar surface area (TPSA) is 96.8 Å². The number of carbonyl (C=O) groups excluding carboxylic acids is 1. The van der Waals surface area contributed by atoms with Crippen LogP contribution in [0.25, 0.3) is 11.6 Å². The van der Waals surface area contributed by atoms with Gasteiger partial charge in [0.25, 0.3) is 0 Å². The number of nitrogens with zero attached hydrogens (tertiary/aromatic N) is 4. The predicted octanol–water partition coefficient (Wildman–Crippen LogP) is 2.45. The van der Waals surface area contributed by atoms with Crippen LogP contribution in [0.5, 0.6) is 0 Å². The van der Waals surface area contributed by atoms with E-state index >= 15 is 0 Å². The van der Waals surface area contributed by atoms with Crippen LogP contribution in [0, 0.1) is 0 Å². The van der Waals surface area contributed by atoms with Crippen LogP contribution in [-0.4, -0.2) is 39.9 Å². The molecular weight excluding hydrogens is 346 g/mol. The van der Waals surface area contributed by atoms with E-state index in [0.29, 0.717) is 50.0 Å². The molecule has 0 aliphatic carbocycles. The lowest BCUT2D eigenvalue weighted by Gasteiger charge is -2.23. The zero-order valence-corrected chi connectivity index (χ0v) is 14.7. The first kappa shape index (κ1) is 17.2. The van der Waals surface area contributed by atoms with Crippen LogP contribution < -0.4 is 5.32 Å². The minimum absolute atomic E-state index is 0.0365. The summed E-state index contributed by atoms with van der Waals surface area (Å²) < 4.78 is 10.4. The van der Waals surface area contributed by atoms with E-state index in [1.54, 1.807) is 18.4 Å². The Balaban J connectivity index is 1.30. The lowest BCUT2D eigenvalue weighted by Crippen LogP contribution is -2.36. The molecule has 1 N–H and O–H groups in total. The molecule has 2 aromatic heterocycles. The summed E-state index contributed by atoms with van der Waals surface area (Å²) in [6.45, 7) is 1.45. The van der Waals surface area contributed by atoms with E-state index in [4.69, 9.17) is 8.94 Å². The third-order valence-corrected chi connectivity index (χ3v) is 4.20. The molecule has 4 rings (SSSR count). The molecule has 0 bridgehead atoms. The maximum atomic E-state index is 12.1. The number of hydrogen-bond donors (Lipinski definition) is 1. The minimum Gasteiger partial charge on any atom is -0.461 e. The summed E-state index contributed by atoms with van der Waals surface area (Å²) in [6.07, 6.45) is 2.71. The second kappa shape index (κ2) is 7.96. The average molecular weight is 365 g/mol. The summed E-state index contributed by atoms with van der Waals surface area (Å²) in [5.74, 6) is 1.47. The highest BCUT2D eigenvalue weighted by Gasteiger charge is 2.20. The Bertz CT molecular complexity index is 918. The largest absolute Gasteiger partial charge is 0.461 e. The second-order valence-corrected chi connectivity index (χ2v) is 6.10. The van der Waals surface area contributed by atoms with E-state index in [9.17, 15) is 4.79 Å². The first-order chi connectivity index (χ1) is 13.3. The van der Waals surface area contributed by atoms with Gasteiger partial charge in [-0.15, -0.1) is 0 Å². The standard InChI is InChI=1S/C19H19N5O3/c25-18-9-8-15(14-5-2-1-3-6-14)22-24(18)11-10-20-13-17-21-19(23-27-17)16-7-4-12-26-16/h1-7,12,20H,8-11,13H2. The summed E-state index contributed by atoms with van der Waals surface area (Å²) in [5, 5.41) is 13.1. The summed E-state index contributed by atoms with van der Waals surface area (Å²) >= 11 is 0. The van der Waals surface area contributed by atoms with Crippen LogP contribution in [0.3, 0.4) is 0 Å². The van der Waals surface area contributed by atoms with Crippen LogP contribution in [0.1, 0.15) is 24.3 Å². The second-order valence-electron chi connectivity index (χ2n) is 6.10. The molecule has 0 spiro atoms. The van der Waals surface area contributed by atoms with Crippen molar-refractivity contribution in [3.8, 4) is 11.6 Å². The minimum atomic E-state index is 0.0365. The van der Waals surface area contributed by atoms with Gasteiger partial charge in [-0.25, -0.2) is 5.01 Å². The molecule has 0 unspecified atom stereocenters. The van der Waals surface area contributed by atoms with Crippen LogP contribution in [0.4, 0.5) is 0 Å². The quantitative estimate of drug-likeness (QED) is 0.646. The van der Waals surface area contributed by atoms with Gasteiger partial charge in [0.2, 0.25) is 17.6 Å². The molecule has 8 heteroatoms. The number of amides is 1. The lowest BCUT2D eigenvalue weighted by atomic mass is 10.0. The van der Waals surface area contributed by atoms with Gasteiger partial charge in [0.05, 0.1) is 25.1 Å². The van der Waals surface area contributed by atoms with Gasteiger partial charge in [-0.3, -0.25) is 4.79 Å². The SMILES string of the molecule is O=C1CCC(c2ccccc2)=NN1CCNCc1nc(-c2ccco2)no1. The number of aromatic nitrogens is 2. The monoisotopic (exact) mass is 365 g/mol. The van der Waals surface area contributed by atoms with Crippen molar-refractivity contribution in [3.63, 3.8) is 0 Å². The zero-order valence-electron chi connectivity index (χ0n) is 14.7. The van der Waals surface area contributed by atoms with E-state index in [-0.39, 0.29) is 5.91 Å². The molecule has 3 aromatic rings. The third kappa shape index (κ3) is 4.12.